The van der Waals surface area contributed by atoms with E-state index in [4.69, 9.17) is 5.14 Å². The Morgan fingerprint density at radius 1 is 1.29 bits per heavy atom. The Balaban J connectivity index is 1.65. The molecule has 2 atom stereocenters. The summed E-state index contributed by atoms with van der Waals surface area (Å²) in [5.41, 5.74) is 1.26. The minimum atomic E-state index is -3.83. The highest BCUT2D eigenvalue weighted by molar-refractivity contribution is 7.99. The third kappa shape index (κ3) is 5.98. The minimum Gasteiger partial charge on any atom is -0.335 e. The van der Waals surface area contributed by atoms with Crippen LogP contribution < -0.4 is 15.8 Å². The molecule has 11 heteroatoms. The van der Waals surface area contributed by atoms with Gasteiger partial charge < -0.3 is 9.88 Å². The van der Waals surface area contributed by atoms with E-state index < -0.39 is 22.0 Å². The number of carbonyl (C=O) groups excluding carboxylic acids is 2. The van der Waals surface area contributed by atoms with E-state index in [1.54, 1.807) is 6.07 Å². The summed E-state index contributed by atoms with van der Waals surface area (Å²) in [6.07, 6.45) is 5.10. The normalized spacial score (nSPS) is 19.3. The van der Waals surface area contributed by atoms with E-state index in [-0.39, 0.29) is 16.7 Å². The number of urea groups is 1. The molecule has 1 aromatic carbocycles. The smallest absolute Gasteiger partial charge is 0.321 e. The molecule has 1 aliphatic rings. The number of rotatable bonds is 7. The molecule has 0 saturated heterocycles. The van der Waals surface area contributed by atoms with Gasteiger partial charge in [0.05, 0.1) is 21.7 Å². The molecule has 3 amide bonds. The zero-order chi connectivity index (χ0) is 22.6. The van der Waals surface area contributed by atoms with Gasteiger partial charge in [-0.25, -0.2) is 23.3 Å². The number of fused-ring (bicyclic) bond motifs is 1. The molecule has 9 nitrogen and oxygen atoms in total. The Labute approximate surface area is 186 Å². The molecule has 31 heavy (non-hydrogen) atoms. The van der Waals surface area contributed by atoms with Crippen molar-refractivity contribution in [1.29, 1.82) is 0 Å². The first-order chi connectivity index (χ1) is 14.7. The van der Waals surface area contributed by atoms with Crippen molar-refractivity contribution >= 4 is 44.8 Å². The monoisotopic (exact) mass is 467 g/mol. The third-order valence-electron chi connectivity index (χ3n) is 5.47. The Kier molecular flexibility index (Phi) is 7.60. The van der Waals surface area contributed by atoms with Gasteiger partial charge in [-0.05, 0) is 43.4 Å². The highest BCUT2D eigenvalue weighted by Crippen LogP contribution is 2.26. The number of amides is 3. The number of nitrogens with one attached hydrogen (secondary N) is 2. The van der Waals surface area contributed by atoms with E-state index in [2.05, 4.69) is 22.5 Å². The number of aryl methyl sites for hydroxylation is 1. The summed E-state index contributed by atoms with van der Waals surface area (Å²) in [5.74, 6) is 0.00867. The van der Waals surface area contributed by atoms with Crippen LogP contribution in [0.15, 0.2) is 28.3 Å². The number of benzene rings is 1. The number of hydrogen-bond acceptors (Lipinski definition) is 6. The topological polar surface area (TPSA) is 136 Å². The van der Waals surface area contributed by atoms with Crippen LogP contribution in [0.25, 0.3) is 11.0 Å². The predicted molar refractivity (Wildman–Crippen MR) is 120 cm³/mol. The number of thioether (sulfide) groups is 1. The van der Waals surface area contributed by atoms with Crippen molar-refractivity contribution < 1.29 is 18.0 Å². The number of aromatic nitrogens is 2. The third-order valence-corrected chi connectivity index (χ3v) is 7.36. The summed E-state index contributed by atoms with van der Waals surface area (Å²) in [6.45, 7) is 4.79. The van der Waals surface area contributed by atoms with Gasteiger partial charge in [0.25, 0.3) is 0 Å². The second kappa shape index (κ2) is 10.0. The molecule has 0 aliphatic heterocycles. The second-order valence-corrected chi connectivity index (χ2v) is 10.4. The summed E-state index contributed by atoms with van der Waals surface area (Å²) in [4.78, 5) is 28.9. The quantitative estimate of drug-likeness (QED) is 0.536. The van der Waals surface area contributed by atoms with Crippen LogP contribution in [-0.2, 0) is 21.4 Å². The van der Waals surface area contributed by atoms with Gasteiger partial charge in [-0.15, -0.1) is 0 Å². The maximum absolute atomic E-state index is 12.3. The van der Waals surface area contributed by atoms with Gasteiger partial charge in [-0.3, -0.25) is 10.1 Å². The van der Waals surface area contributed by atoms with Crippen LogP contribution in [0.3, 0.4) is 0 Å². The number of imide groups is 1. The molecule has 2 aromatic rings. The van der Waals surface area contributed by atoms with Crippen molar-refractivity contribution in [2.24, 2.45) is 11.1 Å². The fourth-order valence-corrected chi connectivity index (χ4v) is 5.22. The molecule has 0 spiro atoms. The maximum Gasteiger partial charge on any atom is 0.321 e. The zero-order valence-corrected chi connectivity index (χ0v) is 19.4. The van der Waals surface area contributed by atoms with Gasteiger partial charge >= 0.3 is 6.03 Å². The number of imidazole rings is 1. The molecule has 1 fully saturated rings. The van der Waals surface area contributed by atoms with Crippen molar-refractivity contribution in [3.63, 3.8) is 0 Å². The van der Waals surface area contributed by atoms with Crippen molar-refractivity contribution in [3.8, 4) is 0 Å². The molecule has 1 saturated carbocycles. The van der Waals surface area contributed by atoms with Gasteiger partial charge in [0.1, 0.15) is 0 Å². The van der Waals surface area contributed by atoms with E-state index >= 15 is 0 Å². The van der Waals surface area contributed by atoms with Crippen molar-refractivity contribution in [1.82, 2.24) is 20.2 Å². The lowest BCUT2D eigenvalue weighted by Crippen LogP contribution is -2.48. The molecule has 1 aliphatic carbocycles. The fraction of sp³-hybridized carbons (Fsp3) is 0.550. The molecule has 170 valence electrons. The van der Waals surface area contributed by atoms with Crippen LogP contribution >= 0.6 is 11.8 Å². The second-order valence-electron chi connectivity index (χ2n) is 7.92. The van der Waals surface area contributed by atoms with Crippen molar-refractivity contribution in [3.05, 3.63) is 18.2 Å². The molecule has 3 rings (SSSR count). The van der Waals surface area contributed by atoms with E-state index in [9.17, 15) is 18.0 Å². The molecule has 0 radical (unpaired) electrons. The number of nitrogens with two attached hydrogens (primary N) is 1. The summed E-state index contributed by atoms with van der Waals surface area (Å²) in [5, 5.41) is 11.1. The Hall–Kier alpha value is -2.11. The van der Waals surface area contributed by atoms with E-state index in [0.29, 0.717) is 23.1 Å². The first-order valence-electron chi connectivity index (χ1n) is 10.4. The number of primary sulfonamides is 1. The maximum atomic E-state index is 12.3. The van der Waals surface area contributed by atoms with Crippen LogP contribution in [0, 0.1) is 5.92 Å². The van der Waals surface area contributed by atoms with Gasteiger partial charge in [0, 0.05) is 12.6 Å². The van der Waals surface area contributed by atoms with Crippen molar-refractivity contribution in [2.45, 2.75) is 68.6 Å². The lowest BCUT2D eigenvalue weighted by atomic mass is 9.86. The van der Waals surface area contributed by atoms with Gasteiger partial charge in [0.15, 0.2) is 5.16 Å². The number of hydrogen-bond donors (Lipinski definition) is 3. The van der Waals surface area contributed by atoms with Gasteiger partial charge in [-0.2, -0.15) is 0 Å². The molecular weight excluding hydrogens is 438 g/mol. The summed E-state index contributed by atoms with van der Waals surface area (Å²) in [6, 6.07) is 4.17. The first-order valence-corrected chi connectivity index (χ1v) is 13.0. The number of nitrogens with zero attached hydrogens (tertiary/aromatic N) is 2. The van der Waals surface area contributed by atoms with E-state index in [1.165, 1.54) is 30.3 Å². The largest absolute Gasteiger partial charge is 0.335 e. The van der Waals surface area contributed by atoms with Crippen LogP contribution in [-0.4, -0.2) is 41.7 Å². The Morgan fingerprint density at radius 3 is 2.71 bits per heavy atom. The lowest BCUT2D eigenvalue weighted by molar-refractivity contribution is -0.117. The molecule has 1 heterocycles. The lowest BCUT2D eigenvalue weighted by Gasteiger charge is -2.29. The first kappa shape index (κ1) is 23.6. The van der Waals surface area contributed by atoms with Crippen LogP contribution in [0.1, 0.15) is 46.0 Å². The average molecular weight is 468 g/mol. The van der Waals surface area contributed by atoms with Crippen LogP contribution in [0.2, 0.25) is 0 Å². The van der Waals surface area contributed by atoms with Crippen LogP contribution in [0.5, 0.6) is 0 Å². The van der Waals surface area contributed by atoms with Crippen molar-refractivity contribution in [2.75, 3.05) is 5.75 Å². The Bertz CT molecular complexity index is 1070. The highest BCUT2D eigenvalue weighted by Gasteiger charge is 2.23. The average Bonchev–Trinajstić information content (AvgIpc) is 3.04. The van der Waals surface area contributed by atoms with E-state index in [1.807, 2.05) is 11.5 Å². The Morgan fingerprint density at radius 2 is 2.03 bits per heavy atom. The SMILES string of the molecule is CCCn1c(SCC(=O)NC(=O)NC2CCCCC2C)nc2cc(S(N)(=O)=O)ccc21. The number of carbonyl (C=O) groups is 2. The fourth-order valence-electron chi connectivity index (χ4n) is 3.84. The highest BCUT2D eigenvalue weighted by atomic mass is 32.2. The summed E-state index contributed by atoms with van der Waals surface area (Å²) < 4.78 is 25.2. The van der Waals surface area contributed by atoms with Gasteiger partial charge in [0.2, 0.25) is 15.9 Å². The molecule has 0 bridgehead atoms. The van der Waals surface area contributed by atoms with Crippen LogP contribution in [0.4, 0.5) is 4.79 Å². The summed E-state index contributed by atoms with van der Waals surface area (Å²) in [7, 11) is -3.83. The molecule has 1 aromatic heterocycles. The molecule has 2 unspecified atom stereocenters. The number of sulfonamides is 1. The van der Waals surface area contributed by atoms with Gasteiger partial charge in [-0.1, -0.05) is 38.5 Å². The zero-order valence-electron chi connectivity index (χ0n) is 17.8. The molecule has 4 N–H and O–H groups in total. The standard InChI is InChI=1S/C20H29N5O4S2/c1-3-10-25-17-9-8-14(31(21,28)29)11-16(17)23-20(25)30-12-18(26)24-19(27)22-15-7-5-4-6-13(15)2/h8-9,11,13,15H,3-7,10,12H2,1-2H3,(H2,21,28,29)(H2,22,24,26,27). The molecular formula is C20H29N5O4S2. The minimum absolute atomic E-state index is 0.0101. The predicted octanol–water partition coefficient (Wildman–Crippen LogP) is 2.59. The summed E-state index contributed by atoms with van der Waals surface area (Å²) >= 11 is 1.20. The van der Waals surface area contributed by atoms with E-state index in [0.717, 1.165) is 31.2 Å².